The van der Waals surface area contributed by atoms with E-state index in [9.17, 15) is 14.0 Å². The average Bonchev–Trinajstić information content (AvgIpc) is 3.05. The Bertz CT molecular complexity index is 738. The van der Waals surface area contributed by atoms with Crippen LogP contribution >= 0.6 is 0 Å². The number of nitriles is 1. The molecule has 23 heavy (non-hydrogen) atoms. The lowest BCUT2D eigenvalue weighted by Crippen LogP contribution is -2.41. The molecule has 1 heterocycles. The summed E-state index contributed by atoms with van der Waals surface area (Å²) in [6.45, 7) is -0.0479. The highest BCUT2D eigenvalue weighted by molar-refractivity contribution is 5.96. The standard InChI is InChI=1S/C15H13FN4O3/c16-13-4-3-11(6-10(13)7-17)18-9-14(21)20-15(22)19-8-12-2-1-5-23-12/h1-6,18H,8-9H2,(H2,19,20,21,22). The summed E-state index contributed by atoms with van der Waals surface area (Å²) in [5, 5.41) is 16.0. The van der Waals surface area contributed by atoms with Crippen LogP contribution in [0.3, 0.4) is 0 Å². The molecule has 2 aromatic rings. The average molecular weight is 316 g/mol. The molecule has 0 spiro atoms. The first-order valence-electron chi connectivity index (χ1n) is 6.62. The zero-order valence-corrected chi connectivity index (χ0v) is 11.9. The third kappa shape index (κ3) is 4.86. The first-order valence-corrected chi connectivity index (χ1v) is 6.62. The Kier molecular flexibility index (Phi) is 5.30. The lowest BCUT2D eigenvalue weighted by atomic mass is 10.2. The van der Waals surface area contributed by atoms with Gasteiger partial charge in [-0.15, -0.1) is 0 Å². The molecular weight excluding hydrogens is 303 g/mol. The van der Waals surface area contributed by atoms with Crippen LogP contribution in [0.5, 0.6) is 0 Å². The number of nitrogens with zero attached hydrogens (tertiary/aromatic N) is 1. The van der Waals surface area contributed by atoms with E-state index in [0.717, 1.165) is 6.07 Å². The summed E-state index contributed by atoms with van der Waals surface area (Å²) in [4.78, 5) is 23.1. The predicted molar refractivity (Wildman–Crippen MR) is 78.7 cm³/mol. The molecular formula is C15H13FN4O3. The smallest absolute Gasteiger partial charge is 0.321 e. The topological polar surface area (TPSA) is 107 Å². The number of urea groups is 1. The molecule has 0 bridgehead atoms. The van der Waals surface area contributed by atoms with Crippen LogP contribution in [0.15, 0.2) is 41.0 Å². The van der Waals surface area contributed by atoms with Crippen molar-refractivity contribution >= 4 is 17.6 Å². The minimum absolute atomic E-state index is 0.133. The fourth-order valence-electron chi connectivity index (χ4n) is 1.70. The van der Waals surface area contributed by atoms with E-state index in [2.05, 4.69) is 16.0 Å². The fourth-order valence-corrected chi connectivity index (χ4v) is 1.70. The summed E-state index contributed by atoms with van der Waals surface area (Å²) in [5.74, 6) is -0.661. The van der Waals surface area contributed by atoms with Gasteiger partial charge >= 0.3 is 6.03 Å². The van der Waals surface area contributed by atoms with Crippen LogP contribution in [0.4, 0.5) is 14.9 Å². The molecule has 1 aromatic heterocycles. The van der Waals surface area contributed by atoms with Gasteiger partial charge in [0.25, 0.3) is 0 Å². The van der Waals surface area contributed by atoms with Crippen molar-refractivity contribution in [2.75, 3.05) is 11.9 Å². The summed E-state index contributed by atoms with van der Waals surface area (Å²) in [7, 11) is 0. The van der Waals surface area contributed by atoms with E-state index in [-0.39, 0.29) is 18.7 Å². The molecule has 0 fully saturated rings. The highest BCUT2D eigenvalue weighted by Gasteiger charge is 2.09. The zero-order chi connectivity index (χ0) is 16.7. The van der Waals surface area contributed by atoms with Crippen LogP contribution in [0, 0.1) is 17.1 Å². The van der Waals surface area contributed by atoms with Crippen molar-refractivity contribution in [2.45, 2.75) is 6.54 Å². The third-order valence-electron chi connectivity index (χ3n) is 2.80. The van der Waals surface area contributed by atoms with Gasteiger partial charge in [0.05, 0.1) is 24.9 Å². The van der Waals surface area contributed by atoms with E-state index < -0.39 is 17.8 Å². The maximum absolute atomic E-state index is 13.2. The molecule has 0 aliphatic carbocycles. The molecule has 0 radical (unpaired) electrons. The van der Waals surface area contributed by atoms with E-state index in [0.29, 0.717) is 11.4 Å². The molecule has 2 rings (SSSR count). The number of carbonyl (C=O) groups is 2. The summed E-state index contributed by atoms with van der Waals surface area (Å²) in [5.41, 5.74) is 0.265. The molecule has 0 saturated carbocycles. The zero-order valence-electron chi connectivity index (χ0n) is 11.9. The molecule has 118 valence electrons. The molecule has 3 N–H and O–H groups in total. The first-order chi connectivity index (χ1) is 11.1. The maximum Gasteiger partial charge on any atom is 0.321 e. The van der Waals surface area contributed by atoms with Crippen LogP contribution in [-0.4, -0.2) is 18.5 Å². The van der Waals surface area contributed by atoms with Crippen LogP contribution < -0.4 is 16.0 Å². The number of hydrogen-bond acceptors (Lipinski definition) is 5. The van der Waals surface area contributed by atoms with Crippen molar-refractivity contribution in [2.24, 2.45) is 0 Å². The minimum Gasteiger partial charge on any atom is -0.467 e. The Hall–Kier alpha value is -3.34. The molecule has 7 nitrogen and oxygen atoms in total. The van der Waals surface area contributed by atoms with E-state index in [1.807, 2.05) is 0 Å². The molecule has 0 aliphatic heterocycles. The number of carbonyl (C=O) groups excluding carboxylic acids is 2. The van der Waals surface area contributed by atoms with Gasteiger partial charge in [0, 0.05) is 5.69 Å². The second-order valence-electron chi connectivity index (χ2n) is 4.47. The van der Waals surface area contributed by atoms with Gasteiger partial charge in [-0.2, -0.15) is 5.26 Å². The van der Waals surface area contributed by atoms with E-state index in [4.69, 9.17) is 9.68 Å². The number of anilines is 1. The summed E-state index contributed by atoms with van der Waals surface area (Å²) in [6.07, 6.45) is 1.47. The molecule has 3 amide bonds. The predicted octanol–water partition coefficient (Wildman–Crippen LogP) is 1.73. The van der Waals surface area contributed by atoms with Crippen molar-refractivity contribution in [3.63, 3.8) is 0 Å². The van der Waals surface area contributed by atoms with Crippen LogP contribution in [0.2, 0.25) is 0 Å². The van der Waals surface area contributed by atoms with Crippen molar-refractivity contribution in [1.29, 1.82) is 5.26 Å². The van der Waals surface area contributed by atoms with Crippen molar-refractivity contribution < 1.29 is 18.4 Å². The van der Waals surface area contributed by atoms with Gasteiger partial charge in [-0.25, -0.2) is 9.18 Å². The van der Waals surface area contributed by atoms with Gasteiger partial charge in [0.1, 0.15) is 17.6 Å². The Balaban J connectivity index is 1.76. The monoisotopic (exact) mass is 316 g/mol. The summed E-state index contributed by atoms with van der Waals surface area (Å²) in [6, 6.07) is 8.19. The lowest BCUT2D eigenvalue weighted by molar-refractivity contribution is -0.118. The van der Waals surface area contributed by atoms with Crippen LogP contribution in [-0.2, 0) is 11.3 Å². The van der Waals surface area contributed by atoms with Gasteiger partial charge in [-0.1, -0.05) is 0 Å². The number of furan rings is 1. The van der Waals surface area contributed by atoms with Gasteiger partial charge < -0.3 is 15.1 Å². The number of imide groups is 1. The molecule has 0 saturated heterocycles. The molecule has 1 aromatic carbocycles. The third-order valence-corrected chi connectivity index (χ3v) is 2.80. The number of benzene rings is 1. The Morgan fingerprint density at radius 3 is 2.83 bits per heavy atom. The van der Waals surface area contributed by atoms with Crippen molar-refractivity contribution in [3.05, 3.63) is 53.7 Å². The van der Waals surface area contributed by atoms with E-state index in [1.165, 1.54) is 18.4 Å². The highest BCUT2D eigenvalue weighted by atomic mass is 19.1. The van der Waals surface area contributed by atoms with E-state index in [1.54, 1.807) is 18.2 Å². The maximum atomic E-state index is 13.2. The van der Waals surface area contributed by atoms with Crippen molar-refractivity contribution in [3.8, 4) is 6.07 Å². The Morgan fingerprint density at radius 2 is 2.13 bits per heavy atom. The van der Waals surface area contributed by atoms with Gasteiger partial charge in [-0.05, 0) is 30.3 Å². The van der Waals surface area contributed by atoms with Crippen molar-refractivity contribution in [1.82, 2.24) is 10.6 Å². The number of hydrogen-bond donors (Lipinski definition) is 3. The Morgan fingerprint density at radius 1 is 1.30 bits per heavy atom. The largest absolute Gasteiger partial charge is 0.467 e. The number of halogens is 1. The van der Waals surface area contributed by atoms with E-state index >= 15 is 0 Å². The summed E-state index contributed by atoms with van der Waals surface area (Å²) < 4.78 is 18.2. The normalized spacial score (nSPS) is 9.74. The molecule has 0 atom stereocenters. The van der Waals surface area contributed by atoms with Gasteiger partial charge in [-0.3, -0.25) is 10.1 Å². The second-order valence-corrected chi connectivity index (χ2v) is 4.47. The van der Waals surface area contributed by atoms with Crippen LogP contribution in [0.1, 0.15) is 11.3 Å². The minimum atomic E-state index is -0.662. The lowest BCUT2D eigenvalue weighted by Gasteiger charge is -2.08. The highest BCUT2D eigenvalue weighted by Crippen LogP contribution is 2.13. The molecule has 0 aliphatic rings. The second kappa shape index (κ2) is 7.61. The fraction of sp³-hybridized carbons (Fsp3) is 0.133. The van der Waals surface area contributed by atoms with Crippen LogP contribution in [0.25, 0.3) is 0 Å². The quantitative estimate of drug-likeness (QED) is 0.778. The molecule has 8 heteroatoms. The number of rotatable bonds is 5. The first kappa shape index (κ1) is 16.0. The van der Waals surface area contributed by atoms with Gasteiger partial charge in [0.2, 0.25) is 5.91 Å². The Labute approximate surface area is 131 Å². The SMILES string of the molecule is N#Cc1cc(NCC(=O)NC(=O)NCc2ccco2)ccc1F. The summed E-state index contributed by atoms with van der Waals surface area (Å²) >= 11 is 0. The van der Waals surface area contributed by atoms with Gasteiger partial charge in [0.15, 0.2) is 0 Å². The number of nitrogens with one attached hydrogen (secondary N) is 3. The number of amides is 3. The molecule has 0 unspecified atom stereocenters.